The minimum absolute atomic E-state index is 0.00451. The van der Waals surface area contributed by atoms with Crippen LogP contribution in [0.15, 0.2) is 30.3 Å². The van der Waals surface area contributed by atoms with E-state index in [0.717, 1.165) is 0 Å². The monoisotopic (exact) mass is 470 g/mol. The quantitative estimate of drug-likeness (QED) is 0.377. The second-order valence-corrected chi connectivity index (χ2v) is 10.5. The SMILES string of the molecule is CCOC(=O)CCOP(=O)(CCN1CCN(C(=O)OC(C)(C)C)CC1)Oc1ccccc1. The molecule has 2 rings (SSSR count). The number of esters is 1. The van der Waals surface area contributed by atoms with Gasteiger partial charge in [0.25, 0.3) is 0 Å². The van der Waals surface area contributed by atoms with E-state index in [0.29, 0.717) is 38.5 Å². The number of ether oxygens (including phenoxy) is 2. The Hall–Kier alpha value is -2.09. The lowest BCUT2D eigenvalue weighted by Gasteiger charge is -2.35. The summed E-state index contributed by atoms with van der Waals surface area (Å²) in [6, 6.07) is 8.83. The largest absolute Gasteiger partial charge is 0.466 e. The molecule has 1 amide bonds. The number of amides is 1. The van der Waals surface area contributed by atoms with Crippen LogP contribution in [0.2, 0.25) is 0 Å². The first-order valence-corrected chi connectivity index (χ1v) is 12.7. The lowest BCUT2D eigenvalue weighted by molar-refractivity contribution is -0.143. The minimum Gasteiger partial charge on any atom is -0.466 e. The van der Waals surface area contributed by atoms with Gasteiger partial charge in [0, 0.05) is 32.7 Å². The maximum Gasteiger partial charge on any atom is 0.410 e. The minimum atomic E-state index is -3.50. The maximum atomic E-state index is 13.4. The Labute approximate surface area is 190 Å². The third kappa shape index (κ3) is 9.59. The standard InChI is InChI=1S/C22H35N2O7P/c1-5-28-20(25)11-17-29-32(27,31-19-9-7-6-8-10-19)18-16-23-12-14-24(15-13-23)21(26)30-22(2,3)4/h6-10H,5,11-18H2,1-4H3. The van der Waals surface area contributed by atoms with Gasteiger partial charge in [-0.3, -0.25) is 14.2 Å². The zero-order valence-electron chi connectivity index (χ0n) is 19.5. The van der Waals surface area contributed by atoms with Crippen LogP contribution in [0.3, 0.4) is 0 Å². The van der Waals surface area contributed by atoms with Crippen molar-refractivity contribution < 1.29 is 32.7 Å². The summed E-state index contributed by atoms with van der Waals surface area (Å²) in [4.78, 5) is 27.6. The second kappa shape index (κ2) is 12.2. The van der Waals surface area contributed by atoms with Gasteiger partial charge < -0.3 is 18.9 Å². The van der Waals surface area contributed by atoms with Crippen molar-refractivity contribution in [2.24, 2.45) is 0 Å². The van der Waals surface area contributed by atoms with Crippen molar-refractivity contribution in [3.05, 3.63) is 30.3 Å². The Morgan fingerprint density at radius 1 is 1.06 bits per heavy atom. The number of hydrogen-bond acceptors (Lipinski definition) is 8. The van der Waals surface area contributed by atoms with Gasteiger partial charge in [0.2, 0.25) is 0 Å². The molecule has 32 heavy (non-hydrogen) atoms. The van der Waals surface area contributed by atoms with E-state index in [1.165, 1.54) is 0 Å². The molecule has 1 aliphatic rings. The van der Waals surface area contributed by atoms with Crippen molar-refractivity contribution in [2.75, 3.05) is 52.1 Å². The highest BCUT2D eigenvalue weighted by Crippen LogP contribution is 2.48. The smallest absolute Gasteiger partial charge is 0.410 e. The molecular weight excluding hydrogens is 435 g/mol. The van der Waals surface area contributed by atoms with Crippen LogP contribution >= 0.6 is 7.60 Å². The highest BCUT2D eigenvalue weighted by Gasteiger charge is 2.30. The average Bonchev–Trinajstić information content (AvgIpc) is 2.72. The van der Waals surface area contributed by atoms with Crippen molar-refractivity contribution in [3.63, 3.8) is 0 Å². The van der Waals surface area contributed by atoms with Crippen LogP contribution in [0.4, 0.5) is 4.79 Å². The summed E-state index contributed by atoms with van der Waals surface area (Å²) < 4.78 is 35.0. The van der Waals surface area contributed by atoms with Crippen molar-refractivity contribution in [1.29, 1.82) is 0 Å². The number of hydrogen-bond donors (Lipinski definition) is 0. The Morgan fingerprint density at radius 2 is 1.72 bits per heavy atom. The molecule has 1 atom stereocenters. The molecule has 1 saturated heterocycles. The third-order valence-electron chi connectivity index (χ3n) is 4.60. The Bertz CT molecular complexity index is 774. The molecule has 0 saturated carbocycles. The number of rotatable bonds is 10. The summed E-state index contributed by atoms with van der Waals surface area (Å²) in [5.74, 6) is 0.0405. The van der Waals surface area contributed by atoms with Crippen LogP contribution in [0.5, 0.6) is 5.75 Å². The zero-order valence-corrected chi connectivity index (χ0v) is 20.3. The maximum absolute atomic E-state index is 13.4. The lowest BCUT2D eigenvalue weighted by atomic mass is 10.2. The van der Waals surface area contributed by atoms with E-state index in [1.807, 2.05) is 26.8 Å². The molecule has 0 spiro atoms. The summed E-state index contributed by atoms with van der Waals surface area (Å²) in [5, 5.41) is 0. The van der Waals surface area contributed by atoms with Gasteiger partial charge in [-0.1, -0.05) is 18.2 Å². The molecule has 0 aliphatic carbocycles. The molecule has 0 aromatic heterocycles. The molecule has 1 heterocycles. The van der Waals surface area contributed by atoms with Crippen LogP contribution in [-0.2, 0) is 23.4 Å². The predicted molar refractivity (Wildman–Crippen MR) is 121 cm³/mol. The normalized spacial score (nSPS) is 16.8. The summed E-state index contributed by atoms with van der Waals surface area (Å²) in [7, 11) is -3.50. The number of piperazine rings is 1. The number of nitrogens with zero attached hydrogens (tertiary/aromatic N) is 2. The molecule has 10 heteroatoms. The number of para-hydroxylation sites is 1. The molecule has 0 N–H and O–H groups in total. The van der Waals surface area contributed by atoms with E-state index < -0.39 is 19.2 Å². The van der Waals surface area contributed by atoms with Gasteiger partial charge in [-0.15, -0.1) is 0 Å². The molecule has 9 nitrogen and oxygen atoms in total. The Kier molecular flexibility index (Phi) is 10.0. The fourth-order valence-corrected chi connectivity index (χ4v) is 4.64. The highest BCUT2D eigenvalue weighted by atomic mass is 31.2. The fourth-order valence-electron chi connectivity index (χ4n) is 3.02. The molecular formula is C22H35N2O7P. The van der Waals surface area contributed by atoms with Crippen molar-refractivity contribution in [3.8, 4) is 5.75 Å². The summed E-state index contributed by atoms with van der Waals surface area (Å²) >= 11 is 0. The van der Waals surface area contributed by atoms with Gasteiger partial charge in [-0.25, -0.2) is 9.36 Å². The first-order valence-electron chi connectivity index (χ1n) is 10.9. The van der Waals surface area contributed by atoms with E-state index in [4.69, 9.17) is 18.5 Å². The van der Waals surface area contributed by atoms with Gasteiger partial charge in [-0.2, -0.15) is 0 Å². The average molecular weight is 471 g/mol. The molecule has 0 bridgehead atoms. The van der Waals surface area contributed by atoms with Crippen LogP contribution in [-0.4, -0.2) is 79.6 Å². The summed E-state index contributed by atoms with van der Waals surface area (Å²) in [5.41, 5.74) is -0.531. The van der Waals surface area contributed by atoms with Gasteiger partial charge >= 0.3 is 19.7 Å². The van der Waals surface area contributed by atoms with E-state index in [-0.39, 0.29) is 31.9 Å². The third-order valence-corrected chi connectivity index (χ3v) is 6.41. The molecule has 1 fully saturated rings. The molecule has 180 valence electrons. The van der Waals surface area contributed by atoms with Crippen molar-refractivity contribution in [1.82, 2.24) is 9.80 Å². The van der Waals surface area contributed by atoms with Gasteiger partial charge in [-0.05, 0) is 39.8 Å². The van der Waals surface area contributed by atoms with E-state index in [1.54, 1.807) is 36.1 Å². The van der Waals surface area contributed by atoms with Crippen LogP contribution in [0.25, 0.3) is 0 Å². The number of benzene rings is 1. The Morgan fingerprint density at radius 3 is 2.31 bits per heavy atom. The molecule has 0 radical (unpaired) electrons. The fraction of sp³-hybridized carbons (Fsp3) is 0.636. The highest BCUT2D eigenvalue weighted by molar-refractivity contribution is 7.54. The van der Waals surface area contributed by atoms with Crippen molar-refractivity contribution >= 4 is 19.7 Å². The predicted octanol–water partition coefficient (Wildman–Crippen LogP) is 3.78. The van der Waals surface area contributed by atoms with Gasteiger partial charge in [0.15, 0.2) is 0 Å². The first kappa shape index (κ1) is 26.2. The molecule has 1 aromatic carbocycles. The van der Waals surface area contributed by atoms with E-state index >= 15 is 0 Å². The number of carbonyl (C=O) groups is 2. The van der Waals surface area contributed by atoms with E-state index in [9.17, 15) is 14.2 Å². The lowest BCUT2D eigenvalue weighted by Crippen LogP contribution is -2.50. The molecule has 1 aromatic rings. The summed E-state index contributed by atoms with van der Waals surface area (Å²) in [6.45, 7) is 10.3. The Balaban J connectivity index is 1.88. The van der Waals surface area contributed by atoms with E-state index in [2.05, 4.69) is 4.90 Å². The number of carbonyl (C=O) groups excluding carboxylic acids is 2. The topological polar surface area (TPSA) is 94.6 Å². The molecule has 1 aliphatic heterocycles. The van der Waals surface area contributed by atoms with Gasteiger partial charge in [0.05, 0.1) is 25.8 Å². The first-order chi connectivity index (χ1) is 15.1. The molecule has 1 unspecified atom stereocenters. The van der Waals surface area contributed by atoms with Crippen LogP contribution in [0.1, 0.15) is 34.1 Å². The second-order valence-electron chi connectivity index (χ2n) is 8.44. The van der Waals surface area contributed by atoms with Crippen LogP contribution in [0, 0.1) is 0 Å². The summed E-state index contributed by atoms with van der Waals surface area (Å²) in [6.07, 6.45) is -0.153. The van der Waals surface area contributed by atoms with Crippen LogP contribution < -0.4 is 4.52 Å². The van der Waals surface area contributed by atoms with Gasteiger partial charge in [0.1, 0.15) is 11.4 Å². The zero-order chi connectivity index (χ0) is 23.6. The van der Waals surface area contributed by atoms with Crippen molar-refractivity contribution in [2.45, 2.75) is 39.7 Å².